The molecular weight excluding hydrogens is 166 g/mol. The number of hydrogen-bond donors (Lipinski definition) is 2. The molecule has 0 aromatic rings. The number of rotatable bonds is 2. The third kappa shape index (κ3) is 2.67. The number of nitrogens with two attached hydrogens (primary N) is 1. The van der Waals surface area contributed by atoms with Gasteiger partial charge in [-0.2, -0.15) is 0 Å². The van der Waals surface area contributed by atoms with E-state index in [2.05, 4.69) is 24.1 Å². The van der Waals surface area contributed by atoms with E-state index in [1.54, 1.807) is 0 Å². The molecule has 0 spiro atoms. The number of piperazine rings is 1. The summed E-state index contributed by atoms with van der Waals surface area (Å²) in [5.74, 6) is -0.235. The Hall–Kier alpha value is -0.610. The van der Waals surface area contributed by atoms with Gasteiger partial charge in [-0.15, -0.1) is 0 Å². The third-order valence-electron chi connectivity index (χ3n) is 2.55. The molecule has 76 valence electrons. The summed E-state index contributed by atoms with van der Waals surface area (Å²) in [6, 6.07) is 0.725. The van der Waals surface area contributed by atoms with Gasteiger partial charge in [-0.3, -0.25) is 9.69 Å². The molecule has 1 rings (SSSR count). The zero-order chi connectivity index (χ0) is 10.0. The maximum Gasteiger partial charge on any atom is 0.234 e. The molecule has 0 bridgehead atoms. The van der Waals surface area contributed by atoms with E-state index in [4.69, 9.17) is 5.73 Å². The minimum absolute atomic E-state index is 0.146. The van der Waals surface area contributed by atoms with E-state index in [0.717, 1.165) is 13.1 Å². The van der Waals surface area contributed by atoms with E-state index >= 15 is 0 Å². The van der Waals surface area contributed by atoms with Gasteiger partial charge in [-0.1, -0.05) is 0 Å². The van der Waals surface area contributed by atoms with Gasteiger partial charge >= 0.3 is 0 Å². The lowest BCUT2D eigenvalue weighted by Gasteiger charge is -2.38. The van der Waals surface area contributed by atoms with Crippen molar-refractivity contribution in [3.63, 3.8) is 0 Å². The molecule has 1 aliphatic heterocycles. The number of carbonyl (C=O) groups excluding carboxylic acids is 1. The Labute approximate surface area is 79.5 Å². The highest BCUT2D eigenvalue weighted by molar-refractivity contribution is 5.79. The normalized spacial score (nSPS) is 32.8. The number of amides is 1. The van der Waals surface area contributed by atoms with Crippen LogP contribution in [-0.2, 0) is 4.79 Å². The lowest BCUT2D eigenvalue weighted by atomic mass is 10.1. The maximum atomic E-state index is 11.0. The number of carbonyl (C=O) groups is 1. The molecule has 4 nitrogen and oxygen atoms in total. The summed E-state index contributed by atoms with van der Waals surface area (Å²) in [6.45, 7) is 7.91. The number of nitrogens with zero attached hydrogens (tertiary/aromatic N) is 1. The van der Waals surface area contributed by atoms with Crippen LogP contribution in [0.1, 0.15) is 20.8 Å². The van der Waals surface area contributed by atoms with Crippen molar-refractivity contribution in [1.82, 2.24) is 10.2 Å². The summed E-state index contributed by atoms with van der Waals surface area (Å²) < 4.78 is 0. The Kier molecular flexibility index (Phi) is 3.27. The van der Waals surface area contributed by atoms with Crippen molar-refractivity contribution in [3.05, 3.63) is 0 Å². The van der Waals surface area contributed by atoms with Crippen molar-refractivity contribution >= 4 is 5.91 Å². The van der Waals surface area contributed by atoms with Crippen LogP contribution in [0.3, 0.4) is 0 Å². The predicted octanol–water partition coefficient (Wildman–Crippen LogP) is -0.458. The minimum atomic E-state index is -0.235. The Bertz CT molecular complexity index is 185. The largest absolute Gasteiger partial charge is 0.368 e. The fourth-order valence-electron chi connectivity index (χ4n) is 1.87. The summed E-state index contributed by atoms with van der Waals surface area (Å²) in [7, 11) is 0. The number of primary amides is 1. The average molecular weight is 185 g/mol. The van der Waals surface area contributed by atoms with Crippen LogP contribution in [0.15, 0.2) is 0 Å². The monoisotopic (exact) mass is 185 g/mol. The van der Waals surface area contributed by atoms with Gasteiger partial charge in [-0.05, 0) is 20.8 Å². The SMILES string of the molecule is CC(C(N)=O)N1C[C@@H](C)N[C@@H](C)C1. The van der Waals surface area contributed by atoms with Crippen LogP contribution in [0.2, 0.25) is 0 Å². The summed E-state index contributed by atoms with van der Waals surface area (Å²) in [5, 5.41) is 3.41. The Morgan fingerprint density at radius 3 is 2.31 bits per heavy atom. The van der Waals surface area contributed by atoms with Gasteiger partial charge in [0.1, 0.15) is 0 Å². The molecule has 0 saturated carbocycles. The summed E-state index contributed by atoms with van der Waals surface area (Å²) >= 11 is 0. The van der Waals surface area contributed by atoms with E-state index in [-0.39, 0.29) is 11.9 Å². The minimum Gasteiger partial charge on any atom is -0.368 e. The molecule has 1 saturated heterocycles. The van der Waals surface area contributed by atoms with Crippen molar-refractivity contribution in [1.29, 1.82) is 0 Å². The van der Waals surface area contributed by atoms with Gasteiger partial charge in [0.15, 0.2) is 0 Å². The first-order chi connectivity index (χ1) is 6.00. The molecule has 0 aromatic carbocycles. The van der Waals surface area contributed by atoms with Gasteiger partial charge in [0.2, 0.25) is 5.91 Å². The average Bonchev–Trinajstić information content (AvgIpc) is 2.01. The van der Waals surface area contributed by atoms with Crippen LogP contribution in [0.25, 0.3) is 0 Å². The Morgan fingerprint density at radius 2 is 1.92 bits per heavy atom. The van der Waals surface area contributed by atoms with Crippen LogP contribution in [0, 0.1) is 0 Å². The fraction of sp³-hybridized carbons (Fsp3) is 0.889. The molecule has 1 aliphatic rings. The Morgan fingerprint density at radius 1 is 1.46 bits per heavy atom. The molecule has 0 radical (unpaired) electrons. The van der Waals surface area contributed by atoms with E-state index < -0.39 is 0 Å². The molecule has 1 fully saturated rings. The molecule has 3 N–H and O–H groups in total. The van der Waals surface area contributed by atoms with Crippen LogP contribution in [0.4, 0.5) is 0 Å². The summed E-state index contributed by atoms with van der Waals surface area (Å²) in [6.07, 6.45) is 0. The number of hydrogen-bond acceptors (Lipinski definition) is 3. The van der Waals surface area contributed by atoms with Crippen LogP contribution in [0.5, 0.6) is 0 Å². The van der Waals surface area contributed by atoms with Crippen LogP contribution < -0.4 is 11.1 Å². The lowest BCUT2D eigenvalue weighted by molar-refractivity contribution is -0.123. The first-order valence-electron chi connectivity index (χ1n) is 4.80. The van der Waals surface area contributed by atoms with Gasteiger partial charge in [0.05, 0.1) is 6.04 Å². The molecule has 0 aromatic heterocycles. The van der Waals surface area contributed by atoms with Gasteiger partial charge < -0.3 is 11.1 Å². The zero-order valence-electron chi connectivity index (χ0n) is 8.58. The van der Waals surface area contributed by atoms with E-state index in [1.807, 2.05) is 6.92 Å². The second-order valence-electron chi connectivity index (χ2n) is 4.00. The van der Waals surface area contributed by atoms with Gasteiger partial charge in [-0.25, -0.2) is 0 Å². The first-order valence-corrected chi connectivity index (χ1v) is 4.80. The second-order valence-corrected chi connectivity index (χ2v) is 4.00. The van der Waals surface area contributed by atoms with Crippen LogP contribution in [-0.4, -0.2) is 42.0 Å². The summed E-state index contributed by atoms with van der Waals surface area (Å²) in [4.78, 5) is 13.1. The van der Waals surface area contributed by atoms with Crippen molar-refractivity contribution in [2.45, 2.75) is 38.9 Å². The smallest absolute Gasteiger partial charge is 0.234 e. The molecule has 4 heteroatoms. The van der Waals surface area contributed by atoms with E-state index in [0.29, 0.717) is 12.1 Å². The molecular formula is C9H19N3O. The highest BCUT2D eigenvalue weighted by Crippen LogP contribution is 2.07. The highest BCUT2D eigenvalue weighted by Gasteiger charge is 2.26. The van der Waals surface area contributed by atoms with Crippen molar-refractivity contribution in [2.75, 3.05) is 13.1 Å². The molecule has 3 atom stereocenters. The van der Waals surface area contributed by atoms with Crippen molar-refractivity contribution < 1.29 is 4.79 Å². The fourth-order valence-corrected chi connectivity index (χ4v) is 1.87. The quantitative estimate of drug-likeness (QED) is 0.612. The molecule has 0 aliphatic carbocycles. The van der Waals surface area contributed by atoms with Gasteiger partial charge in [0, 0.05) is 25.2 Å². The first kappa shape index (κ1) is 10.5. The van der Waals surface area contributed by atoms with E-state index in [9.17, 15) is 4.79 Å². The maximum absolute atomic E-state index is 11.0. The zero-order valence-corrected chi connectivity index (χ0v) is 8.58. The molecule has 1 amide bonds. The predicted molar refractivity (Wildman–Crippen MR) is 52.3 cm³/mol. The van der Waals surface area contributed by atoms with Crippen LogP contribution >= 0.6 is 0 Å². The molecule has 1 unspecified atom stereocenters. The molecule has 13 heavy (non-hydrogen) atoms. The number of nitrogens with one attached hydrogen (secondary N) is 1. The van der Waals surface area contributed by atoms with Crippen molar-refractivity contribution in [3.8, 4) is 0 Å². The highest BCUT2D eigenvalue weighted by atomic mass is 16.1. The van der Waals surface area contributed by atoms with Gasteiger partial charge in [0.25, 0.3) is 0 Å². The topological polar surface area (TPSA) is 58.4 Å². The summed E-state index contributed by atoms with van der Waals surface area (Å²) in [5.41, 5.74) is 5.26. The second kappa shape index (κ2) is 4.07. The Balaban J connectivity index is 2.54. The standard InChI is InChI=1S/C9H19N3O/c1-6-4-12(5-7(2)11-6)8(3)9(10)13/h6-8,11H,4-5H2,1-3H3,(H2,10,13)/t6-,7+,8?. The lowest BCUT2D eigenvalue weighted by Crippen LogP contribution is -2.58. The molecule has 1 heterocycles. The van der Waals surface area contributed by atoms with E-state index in [1.165, 1.54) is 0 Å². The van der Waals surface area contributed by atoms with Crippen molar-refractivity contribution in [2.24, 2.45) is 5.73 Å². The third-order valence-corrected chi connectivity index (χ3v) is 2.55.